The topological polar surface area (TPSA) is 106 Å². The third kappa shape index (κ3) is 37.1. The highest BCUT2D eigenvalue weighted by molar-refractivity contribution is 5.75. The van der Waals surface area contributed by atoms with E-state index in [2.05, 4.69) is 36.7 Å². The van der Waals surface area contributed by atoms with Gasteiger partial charge in [0.15, 0.2) is 0 Å². The molecule has 0 fully saturated rings. The van der Waals surface area contributed by atoms with E-state index >= 15 is 0 Å². The monoisotopic (exact) mass is 433 g/mol. The molecule has 180 valence electrons. The summed E-state index contributed by atoms with van der Waals surface area (Å²) >= 11 is 0. The Morgan fingerprint density at radius 2 is 1.03 bits per heavy atom. The van der Waals surface area contributed by atoms with Gasteiger partial charge in [0.05, 0.1) is 13.2 Å². The summed E-state index contributed by atoms with van der Waals surface area (Å²) in [6, 6.07) is 0. The maximum atomic E-state index is 10.7. The van der Waals surface area contributed by atoms with E-state index in [1.165, 1.54) is 6.92 Å². The molecule has 8 nitrogen and oxygen atoms in total. The number of hydrogen-bond acceptors (Lipinski definition) is 5. The Labute approximate surface area is 184 Å². The van der Waals surface area contributed by atoms with Crippen LogP contribution in [0.4, 0.5) is 0 Å². The molecule has 0 saturated carbocycles. The number of carbonyl (C=O) groups is 3. The van der Waals surface area contributed by atoms with Crippen LogP contribution in [0.15, 0.2) is 0 Å². The van der Waals surface area contributed by atoms with Gasteiger partial charge in [0.1, 0.15) is 0 Å². The molecule has 30 heavy (non-hydrogen) atoms. The molecule has 0 rings (SSSR count). The largest absolute Gasteiger partial charge is 0.380 e. The van der Waals surface area contributed by atoms with Crippen molar-refractivity contribution in [2.24, 2.45) is 0 Å². The standard InChI is InChI=1S/C8H17NO2.C7H15NO2.C7H15NO/c1-3-6-11-7-5-9-8(10)4-2;1-3-5-10-6-4-8-7(2)9;1-3-5-6-8-7(9)4-2/h3-7H2,1-2H3,(H,9,10);3-6H2,1-2H3,(H,8,9);3-6H2,1-2H3,(H,8,9). The minimum atomic E-state index is 0.0000912. The van der Waals surface area contributed by atoms with Crippen molar-refractivity contribution in [1.82, 2.24) is 16.0 Å². The number of unbranched alkanes of at least 4 members (excludes halogenated alkanes) is 1. The lowest BCUT2D eigenvalue weighted by Crippen LogP contribution is -2.26. The van der Waals surface area contributed by atoms with Crippen LogP contribution in [0, 0.1) is 0 Å². The molecule has 0 aromatic rings. The third-order valence-electron chi connectivity index (χ3n) is 3.38. The molecule has 0 unspecified atom stereocenters. The maximum Gasteiger partial charge on any atom is 0.219 e. The van der Waals surface area contributed by atoms with E-state index in [1.54, 1.807) is 0 Å². The van der Waals surface area contributed by atoms with Crippen LogP contribution in [0.1, 0.15) is 80.1 Å². The van der Waals surface area contributed by atoms with Crippen molar-refractivity contribution >= 4 is 17.7 Å². The molecule has 0 saturated heterocycles. The van der Waals surface area contributed by atoms with Gasteiger partial charge in [-0.3, -0.25) is 14.4 Å². The number of amides is 3. The first-order chi connectivity index (χ1) is 14.4. The smallest absolute Gasteiger partial charge is 0.219 e. The first-order valence-corrected chi connectivity index (χ1v) is 11.3. The van der Waals surface area contributed by atoms with Crippen molar-refractivity contribution in [3.63, 3.8) is 0 Å². The molecule has 0 aromatic heterocycles. The molecule has 0 aliphatic rings. The van der Waals surface area contributed by atoms with Crippen molar-refractivity contribution < 1.29 is 23.9 Å². The Bertz CT molecular complexity index is 393. The van der Waals surface area contributed by atoms with Gasteiger partial charge in [-0.05, 0) is 19.3 Å². The van der Waals surface area contributed by atoms with Gasteiger partial charge in [-0.25, -0.2) is 0 Å². The van der Waals surface area contributed by atoms with Crippen molar-refractivity contribution in [2.45, 2.75) is 80.1 Å². The lowest BCUT2D eigenvalue weighted by Gasteiger charge is -2.03. The maximum absolute atomic E-state index is 10.7. The van der Waals surface area contributed by atoms with E-state index < -0.39 is 0 Å². The van der Waals surface area contributed by atoms with Crippen molar-refractivity contribution in [3.8, 4) is 0 Å². The zero-order chi connectivity index (χ0) is 23.5. The summed E-state index contributed by atoms with van der Waals surface area (Å²) in [5.41, 5.74) is 0. The average Bonchev–Trinajstić information content (AvgIpc) is 2.74. The van der Waals surface area contributed by atoms with Gasteiger partial charge in [-0.15, -0.1) is 0 Å². The lowest BCUT2D eigenvalue weighted by molar-refractivity contribution is -0.121. The highest BCUT2D eigenvalue weighted by Crippen LogP contribution is 1.83. The summed E-state index contributed by atoms with van der Waals surface area (Å²) in [7, 11) is 0. The van der Waals surface area contributed by atoms with Gasteiger partial charge in [0.25, 0.3) is 0 Å². The van der Waals surface area contributed by atoms with Gasteiger partial charge in [0, 0.05) is 52.6 Å². The molecule has 0 bridgehead atoms. The zero-order valence-corrected chi connectivity index (χ0v) is 20.2. The number of rotatable bonds is 15. The summed E-state index contributed by atoms with van der Waals surface area (Å²) in [6.45, 7) is 16.3. The molecular formula is C22H47N3O5. The van der Waals surface area contributed by atoms with Gasteiger partial charge >= 0.3 is 0 Å². The molecule has 0 atom stereocenters. The summed E-state index contributed by atoms with van der Waals surface area (Å²) in [4.78, 5) is 31.6. The van der Waals surface area contributed by atoms with Crippen molar-refractivity contribution in [2.75, 3.05) is 46.1 Å². The Kier molecular flexibility index (Phi) is 32.5. The molecule has 3 N–H and O–H groups in total. The van der Waals surface area contributed by atoms with Gasteiger partial charge < -0.3 is 25.4 Å². The molecule has 8 heteroatoms. The van der Waals surface area contributed by atoms with Crippen LogP contribution in [0.25, 0.3) is 0 Å². The Morgan fingerprint density at radius 3 is 1.40 bits per heavy atom. The van der Waals surface area contributed by atoms with E-state index in [4.69, 9.17) is 9.47 Å². The first kappa shape index (κ1) is 33.0. The van der Waals surface area contributed by atoms with E-state index in [0.717, 1.165) is 45.4 Å². The van der Waals surface area contributed by atoms with Crippen LogP contribution in [-0.4, -0.2) is 63.8 Å². The van der Waals surface area contributed by atoms with E-state index in [1.807, 2.05) is 13.8 Å². The number of nitrogens with one attached hydrogen (secondary N) is 3. The van der Waals surface area contributed by atoms with Crippen LogP contribution in [0.5, 0.6) is 0 Å². The second-order valence-corrected chi connectivity index (χ2v) is 6.47. The van der Waals surface area contributed by atoms with Gasteiger partial charge in [-0.2, -0.15) is 0 Å². The third-order valence-corrected chi connectivity index (χ3v) is 3.38. The number of hydrogen-bond donors (Lipinski definition) is 3. The summed E-state index contributed by atoms with van der Waals surface area (Å²) < 4.78 is 10.3. The average molecular weight is 434 g/mol. The van der Waals surface area contributed by atoms with Crippen LogP contribution in [0.3, 0.4) is 0 Å². The molecule has 3 amide bonds. The molecule has 0 radical (unpaired) electrons. The van der Waals surface area contributed by atoms with Gasteiger partial charge in [-0.1, -0.05) is 41.0 Å². The fourth-order valence-corrected chi connectivity index (χ4v) is 1.71. The Hall–Kier alpha value is -1.67. The van der Waals surface area contributed by atoms with E-state index in [0.29, 0.717) is 39.1 Å². The predicted molar refractivity (Wildman–Crippen MR) is 122 cm³/mol. The Morgan fingerprint density at radius 1 is 0.600 bits per heavy atom. The van der Waals surface area contributed by atoms with Crippen LogP contribution in [-0.2, 0) is 23.9 Å². The predicted octanol–water partition coefficient (Wildman–Crippen LogP) is 2.80. The van der Waals surface area contributed by atoms with E-state index in [9.17, 15) is 14.4 Å². The second-order valence-electron chi connectivity index (χ2n) is 6.47. The first-order valence-electron chi connectivity index (χ1n) is 11.3. The SMILES string of the molecule is CCCCNC(=O)CC.CCCOCCNC(=O)CC.CCCOCCNC(C)=O. The highest BCUT2D eigenvalue weighted by Gasteiger charge is 1.94. The van der Waals surface area contributed by atoms with Crippen LogP contribution in [0.2, 0.25) is 0 Å². The molecule has 0 heterocycles. The molecule has 0 spiro atoms. The highest BCUT2D eigenvalue weighted by atomic mass is 16.5. The molecule has 0 aliphatic heterocycles. The minimum absolute atomic E-state index is 0.0000912. The second kappa shape index (κ2) is 29.5. The molecule has 0 aliphatic carbocycles. The number of ether oxygens (including phenoxy) is 2. The molecular weight excluding hydrogens is 386 g/mol. The normalized spacial score (nSPS) is 9.40. The summed E-state index contributed by atoms with van der Waals surface area (Å²) in [5.74, 6) is 0.244. The quantitative estimate of drug-likeness (QED) is 0.344. The minimum Gasteiger partial charge on any atom is -0.380 e. The fourth-order valence-electron chi connectivity index (χ4n) is 1.71. The van der Waals surface area contributed by atoms with Gasteiger partial charge in [0.2, 0.25) is 17.7 Å². The Balaban J connectivity index is -0.000000366. The summed E-state index contributed by atoms with van der Waals surface area (Å²) in [5, 5.41) is 8.16. The fraction of sp³-hybridized carbons (Fsp3) is 0.864. The zero-order valence-electron chi connectivity index (χ0n) is 20.2. The molecule has 0 aromatic carbocycles. The lowest BCUT2D eigenvalue weighted by atomic mass is 10.3. The number of carbonyl (C=O) groups excluding carboxylic acids is 3. The van der Waals surface area contributed by atoms with Crippen molar-refractivity contribution in [3.05, 3.63) is 0 Å². The summed E-state index contributed by atoms with van der Waals surface area (Å²) in [6.07, 6.45) is 5.44. The van der Waals surface area contributed by atoms with Crippen LogP contribution < -0.4 is 16.0 Å². The van der Waals surface area contributed by atoms with Crippen LogP contribution >= 0.6 is 0 Å². The van der Waals surface area contributed by atoms with E-state index in [-0.39, 0.29) is 17.7 Å². The van der Waals surface area contributed by atoms with Crippen molar-refractivity contribution in [1.29, 1.82) is 0 Å².